The lowest BCUT2D eigenvalue weighted by atomic mass is 9.46. The van der Waals surface area contributed by atoms with Gasteiger partial charge in [-0.3, -0.25) is 4.79 Å². The molecular weight excluding hydrogens is 332 g/mol. The first-order valence-electron chi connectivity index (χ1n) is 11.7. The average Bonchev–Trinajstić information content (AvgIpc) is 2.97. The Morgan fingerprint density at radius 1 is 1.19 bits per heavy atom. The molecule has 1 unspecified atom stereocenters. The summed E-state index contributed by atoms with van der Waals surface area (Å²) in [5, 5.41) is 9.10. The standard InChI is InChI=1S/C25H40O2/c1-16-11-13-24(3)18(15-16)6-7-19-21-9-8-20(17(2)5-10-23(26)27)25(21,4)14-12-22(19)24/h12,14,16-22H,5-11,13,15H2,1-4H3,(H,26,27)/t16-,17-,18-,19+,20?,21+,22+,24+,25-/m1/s1. The molecule has 0 amide bonds. The number of hydrogen-bond acceptors (Lipinski definition) is 1. The maximum absolute atomic E-state index is 11.0. The van der Waals surface area contributed by atoms with Crippen LogP contribution >= 0.6 is 0 Å². The van der Waals surface area contributed by atoms with Crippen molar-refractivity contribution in [1.29, 1.82) is 0 Å². The van der Waals surface area contributed by atoms with E-state index in [2.05, 4.69) is 39.8 Å². The summed E-state index contributed by atoms with van der Waals surface area (Å²) in [5.74, 6) is 4.86. The van der Waals surface area contributed by atoms with E-state index < -0.39 is 5.97 Å². The van der Waals surface area contributed by atoms with Crippen LogP contribution in [-0.2, 0) is 4.79 Å². The van der Waals surface area contributed by atoms with Gasteiger partial charge >= 0.3 is 5.97 Å². The van der Waals surface area contributed by atoms with Crippen LogP contribution in [0.3, 0.4) is 0 Å². The normalized spacial score (nSPS) is 49.8. The molecule has 4 aliphatic carbocycles. The number of allylic oxidation sites excluding steroid dienone is 2. The molecule has 27 heavy (non-hydrogen) atoms. The minimum absolute atomic E-state index is 0.296. The van der Waals surface area contributed by atoms with Crippen LogP contribution in [0.5, 0.6) is 0 Å². The zero-order valence-electron chi connectivity index (χ0n) is 17.9. The molecule has 0 radical (unpaired) electrons. The fourth-order valence-corrected chi connectivity index (χ4v) is 8.34. The molecule has 3 fully saturated rings. The van der Waals surface area contributed by atoms with Crippen molar-refractivity contribution in [1.82, 2.24) is 0 Å². The van der Waals surface area contributed by atoms with Gasteiger partial charge in [0, 0.05) is 6.42 Å². The van der Waals surface area contributed by atoms with Gasteiger partial charge in [-0.1, -0.05) is 46.3 Å². The molecule has 0 spiro atoms. The number of carbonyl (C=O) groups is 1. The molecular formula is C25H40O2. The smallest absolute Gasteiger partial charge is 0.303 e. The highest BCUT2D eigenvalue weighted by Crippen LogP contribution is 2.66. The van der Waals surface area contributed by atoms with Crippen molar-refractivity contribution in [2.45, 2.75) is 85.5 Å². The van der Waals surface area contributed by atoms with Crippen molar-refractivity contribution in [3.8, 4) is 0 Å². The van der Waals surface area contributed by atoms with Gasteiger partial charge in [-0.05, 0) is 97.2 Å². The van der Waals surface area contributed by atoms with E-state index in [1.165, 1.54) is 44.9 Å². The van der Waals surface area contributed by atoms with Crippen molar-refractivity contribution >= 4 is 5.97 Å². The summed E-state index contributed by atoms with van der Waals surface area (Å²) in [6.45, 7) is 9.90. The van der Waals surface area contributed by atoms with Gasteiger partial charge in [0.2, 0.25) is 0 Å². The van der Waals surface area contributed by atoms with E-state index in [1.807, 2.05) is 0 Å². The van der Waals surface area contributed by atoms with E-state index in [0.717, 1.165) is 36.0 Å². The number of carboxylic acid groups (broad SMARTS) is 1. The fourth-order valence-electron chi connectivity index (χ4n) is 8.34. The largest absolute Gasteiger partial charge is 0.481 e. The zero-order chi connectivity index (χ0) is 19.4. The highest BCUT2D eigenvalue weighted by atomic mass is 16.4. The summed E-state index contributed by atoms with van der Waals surface area (Å²) in [7, 11) is 0. The lowest BCUT2D eigenvalue weighted by Gasteiger charge is -2.59. The Balaban J connectivity index is 1.56. The third-order valence-corrected chi connectivity index (χ3v) is 9.93. The third-order valence-electron chi connectivity index (χ3n) is 9.93. The van der Waals surface area contributed by atoms with Gasteiger partial charge in [0.25, 0.3) is 0 Å². The second-order valence-electron chi connectivity index (χ2n) is 11.3. The molecule has 3 saturated carbocycles. The number of aliphatic carboxylic acids is 1. The summed E-state index contributed by atoms with van der Waals surface area (Å²) >= 11 is 0. The molecule has 2 nitrogen and oxygen atoms in total. The summed E-state index contributed by atoms with van der Waals surface area (Å²) in [6, 6.07) is 0. The van der Waals surface area contributed by atoms with Gasteiger partial charge in [0.15, 0.2) is 0 Å². The summed E-state index contributed by atoms with van der Waals surface area (Å²) in [5.41, 5.74) is 0.824. The predicted octanol–water partition coefficient (Wildman–Crippen LogP) is 6.56. The lowest BCUT2D eigenvalue weighted by Crippen LogP contribution is -2.51. The van der Waals surface area contributed by atoms with Crippen molar-refractivity contribution in [3.63, 3.8) is 0 Å². The Morgan fingerprint density at radius 3 is 2.70 bits per heavy atom. The molecule has 0 heterocycles. The highest BCUT2D eigenvalue weighted by Gasteiger charge is 2.58. The molecule has 0 bridgehead atoms. The van der Waals surface area contributed by atoms with Gasteiger partial charge in [-0.25, -0.2) is 0 Å². The molecule has 9 atom stereocenters. The second kappa shape index (κ2) is 6.92. The first-order chi connectivity index (χ1) is 12.8. The maximum Gasteiger partial charge on any atom is 0.303 e. The quantitative estimate of drug-likeness (QED) is 0.567. The topological polar surface area (TPSA) is 37.3 Å². The van der Waals surface area contributed by atoms with Crippen LogP contribution in [0, 0.1) is 52.3 Å². The third kappa shape index (κ3) is 3.10. The monoisotopic (exact) mass is 372 g/mol. The Hall–Kier alpha value is -0.790. The van der Waals surface area contributed by atoms with E-state index >= 15 is 0 Å². The van der Waals surface area contributed by atoms with Gasteiger partial charge in [0.1, 0.15) is 0 Å². The van der Waals surface area contributed by atoms with Gasteiger partial charge in [-0.15, -0.1) is 0 Å². The van der Waals surface area contributed by atoms with E-state index in [1.54, 1.807) is 0 Å². The molecule has 152 valence electrons. The first kappa shape index (κ1) is 19.5. The van der Waals surface area contributed by atoms with Crippen LogP contribution < -0.4 is 0 Å². The molecule has 0 aromatic heterocycles. The highest BCUT2D eigenvalue weighted by molar-refractivity contribution is 5.66. The molecule has 1 N–H and O–H groups in total. The average molecular weight is 373 g/mol. The summed E-state index contributed by atoms with van der Waals surface area (Å²) in [6.07, 6.45) is 16.3. The Bertz CT molecular complexity index is 609. The second-order valence-corrected chi connectivity index (χ2v) is 11.3. The molecule has 0 aromatic carbocycles. The summed E-state index contributed by atoms with van der Waals surface area (Å²) < 4.78 is 0. The molecule has 0 aliphatic heterocycles. The van der Waals surface area contributed by atoms with E-state index in [0.29, 0.717) is 29.1 Å². The molecule has 0 saturated heterocycles. The van der Waals surface area contributed by atoms with E-state index in [9.17, 15) is 4.79 Å². The van der Waals surface area contributed by atoms with Crippen LogP contribution in [0.2, 0.25) is 0 Å². The molecule has 4 aliphatic rings. The Kier molecular flexibility index (Phi) is 5.00. The van der Waals surface area contributed by atoms with Crippen molar-refractivity contribution in [3.05, 3.63) is 12.2 Å². The van der Waals surface area contributed by atoms with Gasteiger partial charge in [-0.2, -0.15) is 0 Å². The lowest BCUT2D eigenvalue weighted by molar-refractivity contribution is -0.137. The van der Waals surface area contributed by atoms with Crippen LogP contribution in [0.25, 0.3) is 0 Å². The number of rotatable bonds is 4. The van der Waals surface area contributed by atoms with Crippen molar-refractivity contribution in [2.75, 3.05) is 0 Å². The van der Waals surface area contributed by atoms with Crippen LogP contribution in [0.4, 0.5) is 0 Å². The minimum atomic E-state index is -0.640. The van der Waals surface area contributed by atoms with Crippen molar-refractivity contribution < 1.29 is 9.90 Å². The minimum Gasteiger partial charge on any atom is -0.481 e. The molecule has 4 rings (SSSR count). The van der Waals surface area contributed by atoms with E-state index in [-0.39, 0.29) is 0 Å². The van der Waals surface area contributed by atoms with Crippen LogP contribution in [0.1, 0.15) is 85.5 Å². The number of hydrogen-bond donors (Lipinski definition) is 1. The summed E-state index contributed by atoms with van der Waals surface area (Å²) in [4.78, 5) is 11.0. The maximum atomic E-state index is 11.0. The number of carboxylic acids is 1. The Labute approximate surface area is 166 Å². The predicted molar refractivity (Wildman–Crippen MR) is 110 cm³/mol. The SMILES string of the molecule is C[C@@H]1CC[C@@]2(C)[C@H](CC[C@@H]3[C@@H]2C=C[C@]2(C)C([C@H](C)CCC(=O)O)CC[C@@H]32)C1. The van der Waals surface area contributed by atoms with E-state index in [4.69, 9.17) is 5.11 Å². The van der Waals surface area contributed by atoms with Crippen LogP contribution in [-0.4, -0.2) is 11.1 Å². The zero-order valence-corrected chi connectivity index (χ0v) is 17.9. The molecule has 0 aromatic rings. The van der Waals surface area contributed by atoms with Crippen LogP contribution in [0.15, 0.2) is 12.2 Å². The molecule has 2 heteroatoms. The van der Waals surface area contributed by atoms with Gasteiger partial charge < -0.3 is 5.11 Å². The first-order valence-corrected chi connectivity index (χ1v) is 11.7. The number of fused-ring (bicyclic) bond motifs is 5. The van der Waals surface area contributed by atoms with Gasteiger partial charge in [0.05, 0.1) is 0 Å². The fraction of sp³-hybridized carbons (Fsp3) is 0.880. The van der Waals surface area contributed by atoms with Crippen molar-refractivity contribution in [2.24, 2.45) is 52.3 Å². The Morgan fingerprint density at radius 2 is 1.96 bits per heavy atom.